The Hall–Kier alpha value is -2.02. The fourth-order valence-corrected chi connectivity index (χ4v) is 3.14. The molecule has 0 atom stereocenters. The Bertz CT molecular complexity index is 931. The molecule has 0 saturated carbocycles. The molecular formula is C18H13BrCl2N2O3. The average molecular weight is 456 g/mol. The van der Waals surface area contributed by atoms with Crippen molar-refractivity contribution in [2.45, 2.75) is 6.61 Å². The van der Waals surface area contributed by atoms with Gasteiger partial charge >= 0.3 is 6.03 Å². The molecular weight excluding hydrogens is 443 g/mol. The molecule has 0 radical (unpaired) electrons. The van der Waals surface area contributed by atoms with E-state index in [1.54, 1.807) is 36.4 Å². The van der Waals surface area contributed by atoms with Gasteiger partial charge in [0.05, 0.1) is 14.5 Å². The lowest BCUT2D eigenvalue weighted by Crippen LogP contribution is -2.25. The zero-order chi connectivity index (χ0) is 18.8. The Kier molecular flexibility index (Phi) is 5.55. The maximum absolute atomic E-state index is 11.9. The zero-order valence-corrected chi connectivity index (χ0v) is 16.7. The number of hydrogen-bond donors (Lipinski definition) is 1. The number of urea groups is 1. The maximum atomic E-state index is 11.9. The van der Waals surface area contributed by atoms with Gasteiger partial charge in [-0.25, -0.2) is 4.79 Å². The first-order valence-corrected chi connectivity index (χ1v) is 9.07. The van der Waals surface area contributed by atoms with Crippen molar-refractivity contribution < 1.29 is 14.3 Å². The van der Waals surface area contributed by atoms with Crippen molar-refractivity contribution in [1.82, 2.24) is 10.2 Å². The first-order chi connectivity index (χ1) is 12.3. The molecule has 2 aromatic rings. The number of hydrogen-bond acceptors (Lipinski definition) is 3. The lowest BCUT2D eigenvalue weighted by atomic mass is 10.2. The molecule has 1 N–H and O–H groups in total. The van der Waals surface area contributed by atoms with Crippen molar-refractivity contribution in [2.75, 3.05) is 7.05 Å². The third-order valence-corrected chi connectivity index (χ3v) is 5.09. The fourth-order valence-electron chi connectivity index (χ4n) is 2.30. The van der Waals surface area contributed by atoms with Crippen LogP contribution < -0.4 is 10.1 Å². The summed E-state index contributed by atoms with van der Waals surface area (Å²) in [6.07, 6.45) is 1.61. The van der Waals surface area contributed by atoms with Gasteiger partial charge in [0.1, 0.15) is 18.1 Å². The zero-order valence-electron chi connectivity index (χ0n) is 13.6. The summed E-state index contributed by atoms with van der Waals surface area (Å²) < 4.78 is 6.50. The fraction of sp³-hybridized carbons (Fsp3) is 0.111. The molecule has 0 aliphatic carbocycles. The predicted octanol–water partition coefficient (Wildman–Crippen LogP) is 4.86. The van der Waals surface area contributed by atoms with E-state index in [0.29, 0.717) is 22.4 Å². The quantitative estimate of drug-likeness (QED) is 0.529. The van der Waals surface area contributed by atoms with Crippen LogP contribution in [0.2, 0.25) is 10.0 Å². The van der Waals surface area contributed by atoms with Crippen molar-refractivity contribution in [2.24, 2.45) is 0 Å². The second-order valence-corrected chi connectivity index (χ2v) is 7.25. The average Bonchev–Trinajstić information content (AvgIpc) is 2.84. The van der Waals surface area contributed by atoms with Crippen molar-refractivity contribution in [3.05, 3.63) is 67.7 Å². The summed E-state index contributed by atoms with van der Waals surface area (Å²) >= 11 is 15.3. The summed E-state index contributed by atoms with van der Waals surface area (Å²) in [6.45, 7) is 0.329. The number of halogens is 3. The molecule has 134 valence electrons. The van der Waals surface area contributed by atoms with E-state index in [1.165, 1.54) is 7.05 Å². The molecule has 2 aromatic carbocycles. The van der Waals surface area contributed by atoms with Crippen LogP contribution in [0, 0.1) is 0 Å². The smallest absolute Gasteiger partial charge is 0.328 e. The third kappa shape index (κ3) is 4.03. The predicted molar refractivity (Wildman–Crippen MR) is 104 cm³/mol. The van der Waals surface area contributed by atoms with E-state index in [4.69, 9.17) is 27.9 Å². The van der Waals surface area contributed by atoms with Gasteiger partial charge in [0, 0.05) is 7.05 Å². The molecule has 5 nitrogen and oxygen atoms in total. The van der Waals surface area contributed by atoms with Gasteiger partial charge in [0.25, 0.3) is 5.91 Å². The van der Waals surface area contributed by atoms with Crippen LogP contribution in [0.3, 0.4) is 0 Å². The van der Waals surface area contributed by atoms with Crippen molar-refractivity contribution >= 4 is 57.1 Å². The third-order valence-electron chi connectivity index (χ3n) is 3.73. The number of rotatable bonds is 4. The van der Waals surface area contributed by atoms with Gasteiger partial charge in [-0.3, -0.25) is 9.69 Å². The van der Waals surface area contributed by atoms with Gasteiger partial charge in [-0.2, -0.15) is 0 Å². The van der Waals surface area contributed by atoms with Crippen molar-refractivity contribution in [1.29, 1.82) is 0 Å². The van der Waals surface area contributed by atoms with Crippen LogP contribution >= 0.6 is 39.1 Å². The molecule has 0 unspecified atom stereocenters. The Morgan fingerprint density at radius 3 is 2.54 bits per heavy atom. The van der Waals surface area contributed by atoms with Gasteiger partial charge in [0.15, 0.2) is 0 Å². The minimum atomic E-state index is -0.443. The normalized spacial score (nSPS) is 15.5. The molecule has 1 saturated heterocycles. The van der Waals surface area contributed by atoms with Crippen LogP contribution in [0.5, 0.6) is 5.75 Å². The molecule has 0 spiro atoms. The number of nitrogens with one attached hydrogen (secondary N) is 1. The largest absolute Gasteiger partial charge is 0.488 e. The van der Waals surface area contributed by atoms with Crippen LogP contribution in [0.15, 0.2) is 46.6 Å². The first-order valence-electron chi connectivity index (χ1n) is 7.52. The van der Waals surface area contributed by atoms with E-state index in [-0.39, 0.29) is 11.6 Å². The number of imide groups is 1. The molecule has 1 aliphatic rings. The highest BCUT2D eigenvalue weighted by Gasteiger charge is 2.29. The van der Waals surface area contributed by atoms with Gasteiger partial charge in [-0.05, 0) is 57.4 Å². The number of amides is 3. The van der Waals surface area contributed by atoms with E-state index >= 15 is 0 Å². The van der Waals surface area contributed by atoms with Gasteiger partial charge < -0.3 is 10.1 Å². The van der Waals surface area contributed by atoms with Crippen LogP contribution in [0.1, 0.15) is 11.1 Å². The molecule has 1 aliphatic heterocycles. The molecule has 26 heavy (non-hydrogen) atoms. The number of ether oxygens (including phenoxy) is 1. The van der Waals surface area contributed by atoms with Crippen LogP contribution in [-0.4, -0.2) is 23.9 Å². The molecule has 3 amide bonds. The molecule has 1 fully saturated rings. The highest BCUT2D eigenvalue weighted by atomic mass is 79.9. The number of carbonyl (C=O) groups is 2. The summed E-state index contributed by atoms with van der Waals surface area (Å²) in [5.74, 6) is 0.267. The molecule has 8 heteroatoms. The summed E-state index contributed by atoms with van der Waals surface area (Å²) in [5, 5.41) is 3.49. The van der Waals surface area contributed by atoms with Crippen LogP contribution in [-0.2, 0) is 11.4 Å². The summed E-state index contributed by atoms with van der Waals surface area (Å²) in [4.78, 5) is 24.4. The standard InChI is InChI=1S/C18H13BrCl2N2O3/c1-23-17(24)15(22-18(23)25)8-10-3-5-16(12(19)6-10)26-9-11-2-4-13(20)14(21)7-11/h2-8H,9H2,1H3,(H,22,25)/b15-8+. The van der Waals surface area contributed by atoms with E-state index in [1.807, 2.05) is 6.07 Å². The highest BCUT2D eigenvalue weighted by molar-refractivity contribution is 9.10. The summed E-state index contributed by atoms with van der Waals surface area (Å²) in [7, 11) is 1.42. The Morgan fingerprint density at radius 1 is 1.15 bits per heavy atom. The van der Waals surface area contributed by atoms with E-state index in [9.17, 15) is 9.59 Å². The number of nitrogens with zero attached hydrogens (tertiary/aromatic N) is 1. The van der Waals surface area contributed by atoms with Crippen molar-refractivity contribution in [3.63, 3.8) is 0 Å². The van der Waals surface area contributed by atoms with Gasteiger partial charge in [-0.15, -0.1) is 0 Å². The van der Waals surface area contributed by atoms with Gasteiger partial charge in [0.2, 0.25) is 0 Å². The Balaban J connectivity index is 1.72. The Morgan fingerprint density at radius 2 is 1.92 bits per heavy atom. The molecule has 1 heterocycles. The molecule has 0 bridgehead atoms. The van der Waals surface area contributed by atoms with Crippen molar-refractivity contribution in [3.8, 4) is 5.75 Å². The number of carbonyl (C=O) groups excluding carboxylic acids is 2. The monoisotopic (exact) mass is 454 g/mol. The number of benzene rings is 2. The minimum Gasteiger partial charge on any atom is -0.488 e. The Labute approximate surface area is 168 Å². The lowest BCUT2D eigenvalue weighted by Gasteiger charge is -2.10. The second kappa shape index (κ2) is 7.70. The highest BCUT2D eigenvalue weighted by Crippen LogP contribution is 2.29. The van der Waals surface area contributed by atoms with Crippen LogP contribution in [0.25, 0.3) is 6.08 Å². The molecule has 0 aromatic heterocycles. The maximum Gasteiger partial charge on any atom is 0.328 e. The van der Waals surface area contributed by atoms with Crippen LogP contribution in [0.4, 0.5) is 4.79 Å². The van der Waals surface area contributed by atoms with Gasteiger partial charge in [-0.1, -0.05) is 35.3 Å². The topological polar surface area (TPSA) is 58.6 Å². The van der Waals surface area contributed by atoms with E-state index < -0.39 is 6.03 Å². The number of likely N-dealkylation sites (N-methyl/N-ethyl adjacent to an activating group) is 1. The summed E-state index contributed by atoms with van der Waals surface area (Å²) in [6, 6.07) is 10.2. The lowest BCUT2D eigenvalue weighted by molar-refractivity contribution is -0.121. The molecule has 3 rings (SSSR count). The van der Waals surface area contributed by atoms with E-state index in [0.717, 1.165) is 20.5 Å². The first kappa shape index (κ1) is 18.8. The summed E-state index contributed by atoms with van der Waals surface area (Å²) in [5.41, 5.74) is 1.87. The SMILES string of the molecule is CN1C(=O)N/C(=C/c2ccc(OCc3ccc(Cl)c(Cl)c3)c(Br)c2)C1=O. The van der Waals surface area contributed by atoms with E-state index in [2.05, 4.69) is 21.2 Å². The second-order valence-electron chi connectivity index (χ2n) is 5.58. The minimum absolute atomic E-state index is 0.230.